The molecule has 1 unspecified atom stereocenters. The largest absolute Gasteiger partial charge is 0.497 e. The van der Waals surface area contributed by atoms with Crippen LogP contribution in [0, 0.1) is 6.92 Å². The van der Waals surface area contributed by atoms with Crippen molar-refractivity contribution in [2.75, 3.05) is 20.2 Å². The second kappa shape index (κ2) is 8.06. The van der Waals surface area contributed by atoms with E-state index in [4.69, 9.17) is 4.74 Å². The number of carbonyl (C=O) groups excluding carboxylic acids is 1. The van der Waals surface area contributed by atoms with Crippen molar-refractivity contribution in [1.29, 1.82) is 0 Å². The van der Waals surface area contributed by atoms with Gasteiger partial charge >= 0.3 is 0 Å². The predicted molar refractivity (Wildman–Crippen MR) is 109 cm³/mol. The standard InChI is InChI=1S/C21H22N4O2S/c1-14-20(28-13-24-14)21(26)25-10-4-6-16(12-25)19-18(22-8-9-23-19)15-5-3-7-17(11-15)27-2/h3,5,7-9,11,13,16H,4,6,10,12H2,1-2H3. The number of methoxy groups -OCH3 is 1. The van der Waals surface area contributed by atoms with E-state index < -0.39 is 0 Å². The molecule has 1 aliphatic heterocycles. The summed E-state index contributed by atoms with van der Waals surface area (Å²) in [7, 11) is 1.66. The molecule has 0 saturated carbocycles. The summed E-state index contributed by atoms with van der Waals surface area (Å²) >= 11 is 1.41. The summed E-state index contributed by atoms with van der Waals surface area (Å²) in [4.78, 5) is 29.1. The Balaban J connectivity index is 1.62. The minimum Gasteiger partial charge on any atom is -0.497 e. The lowest BCUT2D eigenvalue weighted by atomic mass is 9.91. The normalized spacial score (nSPS) is 16.8. The Labute approximate surface area is 168 Å². The van der Waals surface area contributed by atoms with Gasteiger partial charge in [-0.1, -0.05) is 12.1 Å². The van der Waals surface area contributed by atoms with Crippen LogP contribution in [0.15, 0.2) is 42.2 Å². The number of hydrogen-bond acceptors (Lipinski definition) is 6. The van der Waals surface area contributed by atoms with Gasteiger partial charge < -0.3 is 9.64 Å². The molecule has 1 atom stereocenters. The Morgan fingerprint density at radius 2 is 2.11 bits per heavy atom. The molecule has 0 bridgehead atoms. The van der Waals surface area contributed by atoms with E-state index in [1.165, 1.54) is 11.3 Å². The zero-order valence-corrected chi connectivity index (χ0v) is 16.8. The van der Waals surface area contributed by atoms with Crippen LogP contribution in [-0.2, 0) is 0 Å². The van der Waals surface area contributed by atoms with Gasteiger partial charge in [0.2, 0.25) is 0 Å². The molecule has 3 aromatic rings. The SMILES string of the molecule is COc1cccc(-c2nccnc2C2CCCN(C(=O)c3scnc3C)C2)c1. The van der Waals surface area contributed by atoms with Gasteiger partial charge in [-0.05, 0) is 31.9 Å². The molecular formula is C21H22N4O2S. The number of ether oxygens (including phenoxy) is 1. The van der Waals surface area contributed by atoms with E-state index in [9.17, 15) is 4.79 Å². The molecule has 4 rings (SSSR count). The van der Waals surface area contributed by atoms with Gasteiger partial charge in [0.15, 0.2) is 0 Å². The second-order valence-electron chi connectivity index (χ2n) is 6.88. The molecule has 0 N–H and O–H groups in total. The second-order valence-corrected chi connectivity index (χ2v) is 7.73. The third kappa shape index (κ3) is 3.62. The van der Waals surface area contributed by atoms with Gasteiger partial charge in [-0.25, -0.2) is 4.98 Å². The molecule has 1 amide bonds. The molecule has 1 aromatic carbocycles. The van der Waals surface area contributed by atoms with Crippen LogP contribution in [0.3, 0.4) is 0 Å². The number of aryl methyl sites for hydroxylation is 1. The molecule has 6 nitrogen and oxygen atoms in total. The number of benzene rings is 1. The molecule has 144 valence electrons. The maximum atomic E-state index is 12.9. The Morgan fingerprint density at radius 3 is 2.89 bits per heavy atom. The molecule has 0 radical (unpaired) electrons. The molecule has 0 spiro atoms. The van der Waals surface area contributed by atoms with Crippen LogP contribution in [-0.4, -0.2) is 46.0 Å². The maximum absolute atomic E-state index is 12.9. The molecule has 1 aliphatic rings. The van der Waals surface area contributed by atoms with Gasteiger partial charge in [0.1, 0.15) is 10.6 Å². The molecule has 0 aliphatic carbocycles. The highest BCUT2D eigenvalue weighted by molar-refractivity contribution is 7.11. The summed E-state index contributed by atoms with van der Waals surface area (Å²) in [5.41, 5.74) is 5.30. The number of nitrogens with zero attached hydrogens (tertiary/aromatic N) is 4. The van der Waals surface area contributed by atoms with Gasteiger partial charge in [0.25, 0.3) is 5.91 Å². The zero-order chi connectivity index (χ0) is 19.5. The average molecular weight is 395 g/mol. The summed E-state index contributed by atoms with van der Waals surface area (Å²) in [5, 5.41) is 0. The fourth-order valence-electron chi connectivity index (χ4n) is 3.68. The van der Waals surface area contributed by atoms with E-state index in [2.05, 4.69) is 15.0 Å². The molecular weight excluding hydrogens is 372 g/mol. The third-order valence-corrected chi connectivity index (χ3v) is 6.02. The molecule has 1 saturated heterocycles. The van der Waals surface area contributed by atoms with E-state index in [-0.39, 0.29) is 11.8 Å². The lowest BCUT2D eigenvalue weighted by molar-refractivity contribution is 0.0710. The first-order chi connectivity index (χ1) is 13.7. The first-order valence-corrected chi connectivity index (χ1v) is 10.2. The zero-order valence-electron chi connectivity index (χ0n) is 16.0. The van der Waals surface area contributed by atoms with Gasteiger partial charge in [-0.15, -0.1) is 11.3 Å². The Kier molecular flexibility index (Phi) is 5.34. The summed E-state index contributed by atoms with van der Waals surface area (Å²) in [6.07, 6.45) is 5.38. The van der Waals surface area contributed by atoms with Crippen molar-refractivity contribution >= 4 is 17.2 Å². The molecule has 7 heteroatoms. The van der Waals surface area contributed by atoms with Gasteiger partial charge in [0, 0.05) is 37.0 Å². The van der Waals surface area contributed by atoms with Crippen molar-refractivity contribution in [2.24, 2.45) is 0 Å². The van der Waals surface area contributed by atoms with Crippen LogP contribution in [0.1, 0.15) is 39.8 Å². The van der Waals surface area contributed by atoms with Crippen LogP contribution in [0.25, 0.3) is 11.3 Å². The molecule has 2 aromatic heterocycles. The number of amides is 1. The Bertz CT molecular complexity index is 988. The number of rotatable bonds is 4. The molecule has 1 fully saturated rings. The molecule has 3 heterocycles. The number of carbonyl (C=O) groups is 1. The first kappa shape index (κ1) is 18.6. The highest BCUT2D eigenvalue weighted by atomic mass is 32.1. The van der Waals surface area contributed by atoms with Crippen LogP contribution in [0.4, 0.5) is 0 Å². The van der Waals surface area contributed by atoms with Crippen LogP contribution < -0.4 is 4.74 Å². The van der Waals surface area contributed by atoms with Gasteiger partial charge in [-0.2, -0.15) is 0 Å². The van der Waals surface area contributed by atoms with Crippen molar-refractivity contribution in [2.45, 2.75) is 25.7 Å². The topological polar surface area (TPSA) is 68.2 Å². The number of likely N-dealkylation sites (tertiary alicyclic amines) is 1. The van der Waals surface area contributed by atoms with E-state index in [1.54, 1.807) is 25.0 Å². The van der Waals surface area contributed by atoms with E-state index in [0.29, 0.717) is 6.54 Å². The lowest BCUT2D eigenvalue weighted by Gasteiger charge is -2.33. The van der Waals surface area contributed by atoms with Crippen molar-refractivity contribution in [1.82, 2.24) is 19.9 Å². The monoisotopic (exact) mass is 394 g/mol. The highest BCUT2D eigenvalue weighted by Gasteiger charge is 2.29. The Morgan fingerprint density at radius 1 is 1.25 bits per heavy atom. The third-order valence-electron chi connectivity index (χ3n) is 5.10. The smallest absolute Gasteiger partial charge is 0.265 e. The minimum atomic E-state index is 0.0662. The minimum absolute atomic E-state index is 0.0662. The van der Waals surface area contributed by atoms with E-state index >= 15 is 0 Å². The van der Waals surface area contributed by atoms with E-state index in [0.717, 1.165) is 52.7 Å². The maximum Gasteiger partial charge on any atom is 0.265 e. The summed E-state index contributed by atoms with van der Waals surface area (Å²) in [6.45, 7) is 3.29. The van der Waals surface area contributed by atoms with E-state index in [1.807, 2.05) is 36.1 Å². The van der Waals surface area contributed by atoms with Crippen molar-refractivity contribution < 1.29 is 9.53 Å². The van der Waals surface area contributed by atoms with Crippen LogP contribution in [0.2, 0.25) is 0 Å². The summed E-state index contributed by atoms with van der Waals surface area (Å²) in [6, 6.07) is 7.86. The first-order valence-electron chi connectivity index (χ1n) is 9.32. The number of piperidine rings is 1. The van der Waals surface area contributed by atoms with Crippen LogP contribution >= 0.6 is 11.3 Å². The number of thiazole rings is 1. The van der Waals surface area contributed by atoms with Crippen molar-refractivity contribution in [3.63, 3.8) is 0 Å². The van der Waals surface area contributed by atoms with Crippen molar-refractivity contribution in [3.05, 3.63) is 58.4 Å². The van der Waals surface area contributed by atoms with Gasteiger partial charge in [0.05, 0.1) is 29.7 Å². The Hall–Kier alpha value is -2.80. The molecule has 28 heavy (non-hydrogen) atoms. The number of hydrogen-bond donors (Lipinski definition) is 0. The number of aromatic nitrogens is 3. The summed E-state index contributed by atoms with van der Waals surface area (Å²) in [5.74, 6) is 1.01. The van der Waals surface area contributed by atoms with Gasteiger partial charge in [-0.3, -0.25) is 14.8 Å². The van der Waals surface area contributed by atoms with Crippen molar-refractivity contribution in [3.8, 4) is 17.0 Å². The summed E-state index contributed by atoms with van der Waals surface area (Å²) < 4.78 is 5.36. The highest BCUT2D eigenvalue weighted by Crippen LogP contribution is 2.33. The van der Waals surface area contributed by atoms with Crippen LogP contribution in [0.5, 0.6) is 5.75 Å². The lowest BCUT2D eigenvalue weighted by Crippen LogP contribution is -2.39. The fourth-order valence-corrected chi connectivity index (χ4v) is 4.45. The fraction of sp³-hybridized carbons (Fsp3) is 0.333. The average Bonchev–Trinajstić information content (AvgIpc) is 3.19. The predicted octanol–water partition coefficient (Wildman–Crippen LogP) is 3.94. The quantitative estimate of drug-likeness (QED) is 0.670.